The number of hydrogen-bond acceptors (Lipinski definition) is 4. The van der Waals surface area contributed by atoms with Crippen LogP contribution < -0.4 is 0 Å². The zero-order chi connectivity index (χ0) is 12.3. The van der Waals surface area contributed by atoms with E-state index in [1.165, 1.54) is 11.3 Å². The minimum atomic E-state index is -0.299. The minimum Gasteiger partial charge on any atom is -0.299 e. The van der Waals surface area contributed by atoms with Crippen LogP contribution in [0.2, 0.25) is 0 Å². The highest BCUT2D eigenvalue weighted by atomic mass is 32.1. The Morgan fingerprint density at radius 1 is 1.53 bits per heavy atom. The van der Waals surface area contributed by atoms with Gasteiger partial charge in [0.1, 0.15) is 5.78 Å². The number of nitro groups is 1. The van der Waals surface area contributed by atoms with E-state index in [-0.39, 0.29) is 29.1 Å². The van der Waals surface area contributed by atoms with Gasteiger partial charge in [0.15, 0.2) is 0 Å². The largest absolute Gasteiger partial charge is 0.299 e. The number of Topliss-reactive ketones (excluding diaryl/α,β-unsaturated/α-hetero) is 1. The maximum atomic E-state index is 11.9. The van der Waals surface area contributed by atoms with Gasteiger partial charge < -0.3 is 0 Å². The number of nitrogens with zero attached hydrogens (tertiary/aromatic N) is 1. The Kier molecular flexibility index (Phi) is 3.89. The number of hydrogen-bond donors (Lipinski definition) is 0. The lowest BCUT2D eigenvalue weighted by atomic mass is 9.78. The molecule has 2 rings (SSSR count). The molecule has 1 saturated carbocycles. The van der Waals surface area contributed by atoms with Gasteiger partial charge in [-0.1, -0.05) is 12.5 Å². The molecule has 17 heavy (non-hydrogen) atoms. The Labute approximate surface area is 104 Å². The van der Waals surface area contributed by atoms with E-state index in [0.29, 0.717) is 6.42 Å². The third-order valence-corrected chi connectivity index (χ3v) is 4.35. The van der Waals surface area contributed by atoms with Crippen molar-refractivity contribution in [2.75, 3.05) is 6.54 Å². The molecule has 1 aromatic heterocycles. The van der Waals surface area contributed by atoms with Crippen LogP contribution in [0.4, 0.5) is 0 Å². The molecule has 0 unspecified atom stereocenters. The van der Waals surface area contributed by atoms with E-state index < -0.39 is 0 Å². The molecule has 92 valence electrons. The van der Waals surface area contributed by atoms with Gasteiger partial charge in [0.2, 0.25) is 6.54 Å². The Balaban J connectivity index is 2.20. The van der Waals surface area contributed by atoms with Crippen LogP contribution in [0, 0.1) is 16.0 Å². The molecule has 4 nitrogen and oxygen atoms in total. The number of rotatable bonds is 4. The van der Waals surface area contributed by atoms with Crippen molar-refractivity contribution in [3.05, 3.63) is 32.5 Å². The predicted octanol–water partition coefficient (Wildman–Crippen LogP) is 2.87. The van der Waals surface area contributed by atoms with Crippen molar-refractivity contribution < 1.29 is 9.72 Å². The minimum absolute atomic E-state index is 0.128. The average molecular weight is 253 g/mol. The Morgan fingerprint density at radius 2 is 2.35 bits per heavy atom. The van der Waals surface area contributed by atoms with Gasteiger partial charge >= 0.3 is 0 Å². The Hall–Kier alpha value is -1.23. The van der Waals surface area contributed by atoms with E-state index in [9.17, 15) is 14.9 Å². The van der Waals surface area contributed by atoms with Crippen molar-refractivity contribution in [1.82, 2.24) is 0 Å². The van der Waals surface area contributed by atoms with Crippen LogP contribution in [0.15, 0.2) is 17.5 Å². The van der Waals surface area contributed by atoms with Gasteiger partial charge in [0.05, 0.1) is 5.92 Å². The van der Waals surface area contributed by atoms with Gasteiger partial charge in [0.25, 0.3) is 0 Å². The second-order valence-electron chi connectivity index (χ2n) is 4.46. The van der Waals surface area contributed by atoms with Crippen LogP contribution >= 0.6 is 11.3 Å². The fraction of sp³-hybridized carbons (Fsp3) is 0.583. The summed E-state index contributed by atoms with van der Waals surface area (Å²) in [4.78, 5) is 23.3. The monoisotopic (exact) mass is 253 g/mol. The van der Waals surface area contributed by atoms with Gasteiger partial charge in [-0.3, -0.25) is 14.9 Å². The third kappa shape index (κ3) is 2.91. The summed E-state index contributed by atoms with van der Waals surface area (Å²) < 4.78 is 0. The summed E-state index contributed by atoms with van der Waals surface area (Å²) in [7, 11) is 0. The predicted molar refractivity (Wildman–Crippen MR) is 65.9 cm³/mol. The molecule has 1 heterocycles. The molecule has 0 N–H and O–H groups in total. The second-order valence-corrected chi connectivity index (χ2v) is 5.44. The molecule has 0 spiro atoms. The van der Waals surface area contributed by atoms with Gasteiger partial charge in [-0.05, 0) is 24.3 Å². The standard InChI is InChI=1S/C12H15NO3S/c14-11-5-2-1-4-9(11)10(8-13(15)16)12-6-3-7-17-12/h3,6-7,9-10H,1-2,4-5,8H2/t9-,10+/m0/s1. The van der Waals surface area contributed by atoms with Crippen LogP contribution in [-0.4, -0.2) is 17.3 Å². The van der Waals surface area contributed by atoms with E-state index in [2.05, 4.69) is 0 Å². The summed E-state index contributed by atoms with van der Waals surface area (Å²) in [5.74, 6) is -0.165. The molecule has 0 aromatic carbocycles. The maximum Gasteiger partial charge on any atom is 0.212 e. The molecule has 1 aliphatic carbocycles. The van der Waals surface area contributed by atoms with Crippen LogP contribution in [-0.2, 0) is 4.79 Å². The van der Waals surface area contributed by atoms with Crippen molar-refractivity contribution in [3.8, 4) is 0 Å². The first-order valence-electron chi connectivity index (χ1n) is 5.86. The fourth-order valence-corrected chi connectivity index (χ4v) is 3.40. The smallest absolute Gasteiger partial charge is 0.212 e. The lowest BCUT2D eigenvalue weighted by Gasteiger charge is -2.25. The second kappa shape index (κ2) is 5.40. The molecule has 0 amide bonds. The van der Waals surface area contributed by atoms with E-state index in [1.54, 1.807) is 0 Å². The molecule has 0 aliphatic heterocycles. The molecule has 1 fully saturated rings. The topological polar surface area (TPSA) is 60.2 Å². The molecule has 0 radical (unpaired) electrons. The maximum absolute atomic E-state index is 11.9. The van der Waals surface area contributed by atoms with E-state index in [0.717, 1.165) is 24.1 Å². The van der Waals surface area contributed by atoms with Crippen LogP contribution in [0.25, 0.3) is 0 Å². The average Bonchev–Trinajstić information content (AvgIpc) is 2.80. The highest BCUT2D eigenvalue weighted by molar-refractivity contribution is 7.10. The molecule has 1 aromatic rings. The molecular formula is C12H15NO3S. The lowest BCUT2D eigenvalue weighted by molar-refractivity contribution is -0.484. The first-order chi connectivity index (χ1) is 8.18. The summed E-state index contributed by atoms with van der Waals surface area (Å²) >= 11 is 1.51. The number of carbonyl (C=O) groups excluding carboxylic acids is 1. The highest BCUT2D eigenvalue weighted by Crippen LogP contribution is 2.36. The normalized spacial score (nSPS) is 22.4. The summed E-state index contributed by atoms with van der Waals surface area (Å²) in [5.41, 5.74) is 0. The lowest BCUT2D eigenvalue weighted by Crippen LogP contribution is -2.29. The van der Waals surface area contributed by atoms with Gasteiger partial charge in [-0.2, -0.15) is 0 Å². The zero-order valence-electron chi connectivity index (χ0n) is 9.50. The summed E-state index contributed by atoms with van der Waals surface area (Å²) in [6.45, 7) is -0.128. The Bertz CT molecular complexity index is 402. The number of thiophene rings is 1. The molecule has 0 bridgehead atoms. The first kappa shape index (κ1) is 12.2. The molecule has 5 heteroatoms. The number of carbonyl (C=O) groups is 1. The van der Waals surface area contributed by atoms with E-state index in [1.807, 2.05) is 17.5 Å². The summed E-state index contributed by atoms with van der Waals surface area (Å²) in [6.07, 6.45) is 3.33. The van der Waals surface area contributed by atoms with Gasteiger partial charge in [-0.25, -0.2) is 0 Å². The van der Waals surface area contributed by atoms with Crippen molar-refractivity contribution >= 4 is 17.1 Å². The molecule has 2 atom stereocenters. The van der Waals surface area contributed by atoms with Gasteiger partial charge in [-0.15, -0.1) is 11.3 Å². The van der Waals surface area contributed by atoms with Crippen molar-refractivity contribution in [2.45, 2.75) is 31.6 Å². The van der Waals surface area contributed by atoms with Crippen LogP contribution in [0.5, 0.6) is 0 Å². The van der Waals surface area contributed by atoms with Gasteiger partial charge in [0, 0.05) is 22.1 Å². The van der Waals surface area contributed by atoms with Crippen LogP contribution in [0.3, 0.4) is 0 Å². The summed E-state index contributed by atoms with van der Waals surface area (Å²) in [6, 6.07) is 3.79. The first-order valence-corrected chi connectivity index (χ1v) is 6.74. The summed E-state index contributed by atoms with van der Waals surface area (Å²) in [5, 5.41) is 12.7. The Morgan fingerprint density at radius 3 is 2.94 bits per heavy atom. The SMILES string of the molecule is O=C1CCCC[C@H]1[C@@H](C[N+](=O)[O-])c1cccs1. The van der Waals surface area contributed by atoms with Crippen molar-refractivity contribution in [1.29, 1.82) is 0 Å². The van der Waals surface area contributed by atoms with E-state index >= 15 is 0 Å². The van der Waals surface area contributed by atoms with Crippen LogP contribution in [0.1, 0.15) is 36.5 Å². The quantitative estimate of drug-likeness (QED) is 0.612. The molecule has 1 aliphatic rings. The van der Waals surface area contributed by atoms with E-state index in [4.69, 9.17) is 0 Å². The van der Waals surface area contributed by atoms with Crippen molar-refractivity contribution in [2.24, 2.45) is 5.92 Å². The molecular weight excluding hydrogens is 238 g/mol. The zero-order valence-corrected chi connectivity index (χ0v) is 10.3. The number of ketones is 1. The fourth-order valence-electron chi connectivity index (χ4n) is 2.51. The van der Waals surface area contributed by atoms with Crippen molar-refractivity contribution in [3.63, 3.8) is 0 Å². The third-order valence-electron chi connectivity index (χ3n) is 3.34. The highest BCUT2D eigenvalue weighted by Gasteiger charge is 2.34. The molecule has 0 saturated heterocycles.